The average molecular weight is 347 g/mol. The molecule has 9 heteroatoms. The Bertz CT molecular complexity index is 652. The van der Waals surface area contributed by atoms with Crippen molar-refractivity contribution < 1.29 is 9.59 Å². The summed E-state index contributed by atoms with van der Waals surface area (Å²) in [5.41, 5.74) is 0.935. The molecule has 1 N–H and O–H groups in total. The number of hydrogen-bond acceptors (Lipinski definition) is 7. The highest BCUT2D eigenvalue weighted by atomic mass is 16.2. The lowest BCUT2D eigenvalue weighted by Crippen LogP contribution is -2.62. The highest BCUT2D eigenvalue weighted by Gasteiger charge is 2.34. The molecule has 3 rings (SSSR count). The molecule has 25 heavy (non-hydrogen) atoms. The Morgan fingerprint density at radius 3 is 2.44 bits per heavy atom. The fourth-order valence-corrected chi connectivity index (χ4v) is 3.09. The zero-order chi connectivity index (χ0) is 18.1. The number of carbonyl (C=O) groups excluding carboxylic acids is 2. The van der Waals surface area contributed by atoms with Crippen LogP contribution in [0.3, 0.4) is 0 Å². The van der Waals surface area contributed by atoms with Gasteiger partial charge in [0.2, 0.25) is 11.9 Å². The number of carbonyl (C=O) groups is 2. The van der Waals surface area contributed by atoms with Crippen molar-refractivity contribution in [1.82, 2.24) is 25.1 Å². The van der Waals surface area contributed by atoms with Gasteiger partial charge in [-0.15, -0.1) is 0 Å². The topological polar surface area (TPSA) is 84.9 Å². The summed E-state index contributed by atoms with van der Waals surface area (Å²) in [5.74, 6) is 1.48. The zero-order valence-corrected chi connectivity index (χ0v) is 15.2. The van der Waals surface area contributed by atoms with Crippen LogP contribution in [0.1, 0.15) is 12.1 Å². The number of nitrogens with zero attached hydrogens (tertiary/aromatic N) is 6. The Hall–Kier alpha value is -2.42. The first-order valence-corrected chi connectivity index (χ1v) is 8.44. The van der Waals surface area contributed by atoms with Crippen LogP contribution in [0.2, 0.25) is 0 Å². The molecule has 0 saturated carbocycles. The molecule has 3 heterocycles. The molecule has 2 aliphatic heterocycles. The van der Waals surface area contributed by atoms with Gasteiger partial charge in [-0.2, -0.15) is 4.98 Å². The Labute approximate surface area is 147 Å². The minimum atomic E-state index is -0.328. The number of anilines is 2. The predicted molar refractivity (Wildman–Crippen MR) is 94.6 cm³/mol. The van der Waals surface area contributed by atoms with Gasteiger partial charge in [-0.05, 0) is 6.92 Å². The number of nitrogens with one attached hydrogen (secondary N) is 1. The van der Waals surface area contributed by atoms with E-state index in [1.54, 1.807) is 0 Å². The summed E-state index contributed by atoms with van der Waals surface area (Å²) < 4.78 is 0. The molecule has 1 aromatic rings. The molecule has 9 nitrogen and oxygen atoms in total. The number of amides is 3. The second-order valence-corrected chi connectivity index (χ2v) is 6.71. The van der Waals surface area contributed by atoms with Crippen LogP contribution in [-0.4, -0.2) is 85.2 Å². The molecule has 1 unspecified atom stereocenters. The van der Waals surface area contributed by atoms with Crippen molar-refractivity contribution in [3.8, 4) is 0 Å². The van der Waals surface area contributed by atoms with Crippen LogP contribution in [0, 0.1) is 6.92 Å². The van der Waals surface area contributed by atoms with Gasteiger partial charge >= 0.3 is 6.03 Å². The van der Waals surface area contributed by atoms with Crippen molar-refractivity contribution in [2.24, 2.45) is 0 Å². The maximum atomic E-state index is 11.9. The van der Waals surface area contributed by atoms with Crippen LogP contribution in [0.4, 0.5) is 16.6 Å². The summed E-state index contributed by atoms with van der Waals surface area (Å²) in [7, 11) is 5.36. The van der Waals surface area contributed by atoms with Gasteiger partial charge < -0.3 is 15.1 Å². The fourth-order valence-electron chi connectivity index (χ4n) is 3.09. The molecule has 2 aliphatic rings. The van der Waals surface area contributed by atoms with Crippen molar-refractivity contribution >= 4 is 23.7 Å². The summed E-state index contributed by atoms with van der Waals surface area (Å²) in [6.45, 7) is 5.08. The Balaban J connectivity index is 1.64. The van der Waals surface area contributed by atoms with Crippen LogP contribution in [-0.2, 0) is 4.79 Å². The first kappa shape index (κ1) is 17.4. The van der Waals surface area contributed by atoms with Gasteiger partial charge in [0, 0.05) is 59.1 Å². The molecular weight excluding hydrogens is 322 g/mol. The smallest absolute Gasteiger partial charge is 0.325 e. The standard InChI is InChI=1S/C16H25N7O2/c1-11-9-12(18-15(17-11)20(2)3)22-5-7-23(8-6-22)13-10-14(24)21(4)16(25)19-13/h9,13H,5-8,10H2,1-4H3,(H,19,25). The Morgan fingerprint density at radius 2 is 1.84 bits per heavy atom. The molecule has 2 saturated heterocycles. The monoisotopic (exact) mass is 347 g/mol. The summed E-state index contributed by atoms with van der Waals surface area (Å²) in [6, 6.07) is 1.66. The van der Waals surface area contributed by atoms with E-state index in [0.29, 0.717) is 12.4 Å². The van der Waals surface area contributed by atoms with Gasteiger partial charge in [-0.25, -0.2) is 9.78 Å². The number of urea groups is 1. The largest absolute Gasteiger partial charge is 0.354 e. The van der Waals surface area contributed by atoms with Crippen molar-refractivity contribution in [3.05, 3.63) is 11.8 Å². The highest BCUT2D eigenvalue weighted by Crippen LogP contribution is 2.19. The summed E-state index contributed by atoms with van der Waals surface area (Å²) >= 11 is 0. The van der Waals surface area contributed by atoms with E-state index in [1.807, 2.05) is 32.0 Å². The van der Waals surface area contributed by atoms with Gasteiger partial charge in [0.25, 0.3) is 0 Å². The first-order valence-electron chi connectivity index (χ1n) is 8.44. The zero-order valence-electron chi connectivity index (χ0n) is 15.2. The van der Waals surface area contributed by atoms with Crippen LogP contribution >= 0.6 is 0 Å². The molecule has 0 aromatic carbocycles. The van der Waals surface area contributed by atoms with E-state index >= 15 is 0 Å². The van der Waals surface area contributed by atoms with Crippen molar-refractivity contribution in [3.63, 3.8) is 0 Å². The summed E-state index contributed by atoms with van der Waals surface area (Å²) in [5, 5.41) is 2.90. The molecule has 3 amide bonds. The van der Waals surface area contributed by atoms with Gasteiger partial charge in [-0.1, -0.05) is 0 Å². The maximum Gasteiger partial charge on any atom is 0.325 e. The van der Waals surface area contributed by atoms with E-state index in [4.69, 9.17) is 0 Å². The number of imide groups is 1. The van der Waals surface area contributed by atoms with Gasteiger partial charge in [0.1, 0.15) is 5.82 Å². The molecular formula is C16H25N7O2. The van der Waals surface area contributed by atoms with Crippen molar-refractivity contribution in [2.45, 2.75) is 19.5 Å². The number of aromatic nitrogens is 2. The third-order valence-corrected chi connectivity index (χ3v) is 4.64. The second-order valence-electron chi connectivity index (χ2n) is 6.71. The number of rotatable bonds is 3. The summed E-state index contributed by atoms with van der Waals surface area (Å²) in [6.07, 6.45) is 0.0995. The number of piperazine rings is 1. The average Bonchev–Trinajstić information content (AvgIpc) is 2.58. The lowest BCUT2D eigenvalue weighted by atomic mass is 10.2. The van der Waals surface area contributed by atoms with Gasteiger partial charge in [0.15, 0.2) is 0 Å². The Morgan fingerprint density at radius 1 is 1.16 bits per heavy atom. The Kier molecular flexibility index (Phi) is 4.76. The van der Waals surface area contributed by atoms with Crippen LogP contribution in [0.25, 0.3) is 0 Å². The first-order chi connectivity index (χ1) is 11.8. The quantitative estimate of drug-likeness (QED) is 0.815. The molecule has 0 spiro atoms. The van der Waals surface area contributed by atoms with Crippen molar-refractivity contribution in [1.29, 1.82) is 0 Å². The van der Waals surface area contributed by atoms with E-state index in [2.05, 4.69) is 25.1 Å². The minimum Gasteiger partial charge on any atom is -0.354 e. The van der Waals surface area contributed by atoms with Crippen LogP contribution in [0.5, 0.6) is 0 Å². The lowest BCUT2D eigenvalue weighted by Gasteiger charge is -2.42. The molecule has 0 radical (unpaired) electrons. The minimum absolute atomic E-state index is 0.141. The highest BCUT2D eigenvalue weighted by molar-refractivity contribution is 5.96. The third kappa shape index (κ3) is 3.65. The second kappa shape index (κ2) is 6.83. The van der Waals surface area contributed by atoms with E-state index in [1.165, 1.54) is 7.05 Å². The lowest BCUT2D eigenvalue weighted by molar-refractivity contribution is -0.130. The molecule has 0 bridgehead atoms. The third-order valence-electron chi connectivity index (χ3n) is 4.64. The van der Waals surface area contributed by atoms with Crippen molar-refractivity contribution in [2.75, 3.05) is 57.1 Å². The van der Waals surface area contributed by atoms with E-state index in [0.717, 1.165) is 42.6 Å². The molecule has 2 fully saturated rings. The SMILES string of the molecule is Cc1cc(N2CCN(C3CC(=O)N(C)C(=O)N3)CC2)nc(N(C)C)n1. The van der Waals surface area contributed by atoms with Crippen LogP contribution < -0.4 is 15.1 Å². The maximum absolute atomic E-state index is 11.9. The molecule has 1 aromatic heterocycles. The molecule has 0 aliphatic carbocycles. The number of hydrogen-bond donors (Lipinski definition) is 1. The van der Waals surface area contributed by atoms with E-state index in [9.17, 15) is 9.59 Å². The predicted octanol–water partition coefficient (Wildman–Crippen LogP) is -0.129. The molecule has 1 atom stereocenters. The number of aryl methyl sites for hydroxylation is 1. The van der Waals surface area contributed by atoms with E-state index in [-0.39, 0.29) is 18.1 Å². The summed E-state index contributed by atoms with van der Waals surface area (Å²) in [4.78, 5) is 40.2. The fraction of sp³-hybridized carbons (Fsp3) is 0.625. The van der Waals surface area contributed by atoms with Gasteiger partial charge in [0.05, 0.1) is 12.6 Å². The molecule has 136 valence electrons. The van der Waals surface area contributed by atoms with E-state index < -0.39 is 0 Å². The normalized spacial score (nSPS) is 22.2. The van der Waals surface area contributed by atoms with Crippen LogP contribution in [0.15, 0.2) is 6.07 Å². The van der Waals surface area contributed by atoms with Gasteiger partial charge in [-0.3, -0.25) is 14.6 Å².